The topological polar surface area (TPSA) is 55.4 Å². The van der Waals surface area contributed by atoms with E-state index in [4.69, 9.17) is 4.74 Å². The molecule has 1 N–H and O–H groups in total. The molecular formula is C16H21F2NO3. The van der Waals surface area contributed by atoms with E-state index in [1.54, 1.807) is 34.6 Å². The fourth-order valence-corrected chi connectivity index (χ4v) is 1.55. The Hall–Kier alpha value is -1.98. The minimum Gasteiger partial charge on any atom is -0.463 e. The molecule has 122 valence electrons. The molecule has 0 bridgehead atoms. The van der Waals surface area contributed by atoms with Gasteiger partial charge in [-0.2, -0.15) is 0 Å². The van der Waals surface area contributed by atoms with E-state index >= 15 is 0 Å². The van der Waals surface area contributed by atoms with Crippen molar-refractivity contribution < 1.29 is 23.1 Å². The molecule has 0 heterocycles. The van der Waals surface area contributed by atoms with Gasteiger partial charge in [0, 0.05) is 6.07 Å². The lowest BCUT2D eigenvalue weighted by Crippen LogP contribution is -2.48. The second-order valence-corrected chi connectivity index (χ2v) is 6.79. The highest BCUT2D eigenvalue weighted by Crippen LogP contribution is 2.17. The summed E-state index contributed by atoms with van der Waals surface area (Å²) in [5.41, 5.74) is -1.81. The lowest BCUT2D eigenvalue weighted by Gasteiger charge is -2.27. The Morgan fingerprint density at radius 2 is 1.73 bits per heavy atom. The van der Waals surface area contributed by atoms with Gasteiger partial charge in [-0.15, -0.1) is 0 Å². The van der Waals surface area contributed by atoms with Gasteiger partial charge in [-0.05, 0) is 46.8 Å². The SMILES string of the molecule is CC(C)(COC(=O)C(C)(C)C)NC(=O)c1ccc(F)cc1F. The van der Waals surface area contributed by atoms with Crippen molar-refractivity contribution in [2.24, 2.45) is 5.41 Å². The molecule has 0 aromatic heterocycles. The van der Waals surface area contributed by atoms with E-state index < -0.39 is 34.5 Å². The van der Waals surface area contributed by atoms with Crippen LogP contribution in [0, 0.1) is 17.0 Å². The zero-order chi connectivity index (χ0) is 17.1. The van der Waals surface area contributed by atoms with Crippen LogP contribution in [0.1, 0.15) is 45.0 Å². The number of ether oxygens (including phenoxy) is 1. The van der Waals surface area contributed by atoms with Crippen LogP contribution >= 0.6 is 0 Å². The average Bonchev–Trinajstić information content (AvgIpc) is 2.33. The summed E-state index contributed by atoms with van der Waals surface area (Å²) in [5.74, 6) is -2.80. The molecule has 0 aliphatic carbocycles. The highest BCUT2D eigenvalue weighted by Gasteiger charge is 2.28. The van der Waals surface area contributed by atoms with E-state index in [0.717, 1.165) is 12.1 Å². The normalized spacial score (nSPS) is 12.0. The first-order chi connectivity index (χ1) is 9.92. The summed E-state index contributed by atoms with van der Waals surface area (Å²) < 4.78 is 31.6. The van der Waals surface area contributed by atoms with Crippen molar-refractivity contribution >= 4 is 11.9 Å². The highest BCUT2D eigenvalue weighted by molar-refractivity contribution is 5.94. The number of benzene rings is 1. The molecule has 0 atom stereocenters. The summed E-state index contributed by atoms with van der Waals surface area (Å²) >= 11 is 0. The number of hydrogen-bond acceptors (Lipinski definition) is 3. The number of rotatable bonds is 4. The molecule has 0 saturated carbocycles. The minimum atomic E-state index is -0.944. The summed E-state index contributed by atoms with van der Waals surface area (Å²) in [4.78, 5) is 23.7. The third-order valence-corrected chi connectivity index (χ3v) is 2.80. The summed E-state index contributed by atoms with van der Waals surface area (Å²) in [7, 11) is 0. The fraction of sp³-hybridized carbons (Fsp3) is 0.500. The van der Waals surface area contributed by atoms with Crippen LogP contribution in [0.15, 0.2) is 18.2 Å². The first kappa shape index (κ1) is 18.1. The standard InChI is InChI=1S/C16H21F2NO3/c1-15(2,3)14(21)22-9-16(4,5)19-13(20)11-7-6-10(17)8-12(11)18/h6-8H,9H2,1-5H3,(H,19,20). The van der Waals surface area contributed by atoms with Crippen LogP contribution in [0.2, 0.25) is 0 Å². The van der Waals surface area contributed by atoms with E-state index in [9.17, 15) is 18.4 Å². The molecule has 0 saturated heterocycles. The molecular weight excluding hydrogens is 292 g/mol. The molecule has 0 aliphatic heterocycles. The van der Waals surface area contributed by atoms with Gasteiger partial charge in [0.15, 0.2) is 0 Å². The maximum atomic E-state index is 13.6. The van der Waals surface area contributed by atoms with E-state index in [0.29, 0.717) is 6.07 Å². The average molecular weight is 313 g/mol. The molecule has 0 spiro atoms. The molecule has 0 fully saturated rings. The van der Waals surface area contributed by atoms with Crippen LogP contribution in [0.4, 0.5) is 8.78 Å². The second-order valence-electron chi connectivity index (χ2n) is 6.79. The number of carbonyl (C=O) groups excluding carboxylic acids is 2. The van der Waals surface area contributed by atoms with Gasteiger partial charge in [-0.25, -0.2) is 8.78 Å². The van der Waals surface area contributed by atoms with Crippen molar-refractivity contribution in [3.63, 3.8) is 0 Å². The van der Waals surface area contributed by atoms with E-state index in [-0.39, 0.29) is 12.2 Å². The van der Waals surface area contributed by atoms with Crippen LogP contribution in [0.5, 0.6) is 0 Å². The zero-order valence-electron chi connectivity index (χ0n) is 13.4. The van der Waals surface area contributed by atoms with Crippen molar-refractivity contribution in [2.45, 2.75) is 40.2 Å². The number of hydrogen-bond donors (Lipinski definition) is 1. The minimum absolute atomic E-state index is 0.0579. The predicted molar refractivity (Wildman–Crippen MR) is 78.3 cm³/mol. The Morgan fingerprint density at radius 1 is 1.14 bits per heavy atom. The van der Waals surface area contributed by atoms with Crippen LogP contribution in [0.25, 0.3) is 0 Å². The van der Waals surface area contributed by atoms with Crippen molar-refractivity contribution in [3.05, 3.63) is 35.4 Å². The summed E-state index contributed by atoms with van der Waals surface area (Å²) in [6.45, 7) is 8.38. The number of amides is 1. The first-order valence-corrected chi connectivity index (χ1v) is 6.87. The Morgan fingerprint density at radius 3 is 2.23 bits per heavy atom. The first-order valence-electron chi connectivity index (χ1n) is 6.87. The smallest absolute Gasteiger partial charge is 0.311 e. The van der Waals surface area contributed by atoms with Crippen molar-refractivity contribution in [1.82, 2.24) is 5.32 Å². The number of esters is 1. The van der Waals surface area contributed by atoms with Gasteiger partial charge in [-0.3, -0.25) is 9.59 Å². The van der Waals surface area contributed by atoms with Crippen LogP contribution in [0.3, 0.4) is 0 Å². The zero-order valence-corrected chi connectivity index (χ0v) is 13.4. The number of carbonyl (C=O) groups is 2. The quantitative estimate of drug-likeness (QED) is 0.869. The van der Waals surface area contributed by atoms with Crippen LogP contribution in [-0.2, 0) is 9.53 Å². The van der Waals surface area contributed by atoms with E-state index in [1.165, 1.54) is 0 Å². The van der Waals surface area contributed by atoms with Gasteiger partial charge in [0.1, 0.15) is 18.2 Å². The van der Waals surface area contributed by atoms with Gasteiger partial charge >= 0.3 is 5.97 Å². The summed E-state index contributed by atoms with van der Waals surface area (Å²) in [6, 6.07) is 2.71. The molecule has 6 heteroatoms. The van der Waals surface area contributed by atoms with Gasteiger partial charge in [-0.1, -0.05) is 0 Å². The van der Waals surface area contributed by atoms with Gasteiger partial charge < -0.3 is 10.1 Å². The molecule has 0 radical (unpaired) electrons. The van der Waals surface area contributed by atoms with Crippen molar-refractivity contribution in [3.8, 4) is 0 Å². The van der Waals surface area contributed by atoms with E-state index in [1.807, 2.05) is 0 Å². The van der Waals surface area contributed by atoms with Crippen molar-refractivity contribution in [2.75, 3.05) is 6.61 Å². The number of nitrogens with one attached hydrogen (secondary N) is 1. The predicted octanol–water partition coefficient (Wildman–Crippen LogP) is 3.06. The van der Waals surface area contributed by atoms with Gasteiger partial charge in [0.2, 0.25) is 0 Å². The molecule has 1 aromatic rings. The molecule has 0 aliphatic rings. The Balaban J connectivity index is 2.71. The number of halogens is 2. The van der Waals surface area contributed by atoms with Gasteiger partial charge in [0.05, 0.1) is 16.5 Å². The largest absolute Gasteiger partial charge is 0.463 e. The van der Waals surface area contributed by atoms with E-state index in [2.05, 4.69) is 5.32 Å². The molecule has 1 rings (SSSR count). The maximum Gasteiger partial charge on any atom is 0.311 e. The molecule has 22 heavy (non-hydrogen) atoms. The lowest BCUT2D eigenvalue weighted by atomic mass is 9.97. The Kier molecular flexibility index (Phi) is 5.27. The monoisotopic (exact) mass is 313 g/mol. The molecule has 1 aromatic carbocycles. The second kappa shape index (κ2) is 6.42. The van der Waals surface area contributed by atoms with Crippen LogP contribution in [-0.4, -0.2) is 24.0 Å². The van der Waals surface area contributed by atoms with Gasteiger partial charge in [0.25, 0.3) is 5.91 Å². The van der Waals surface area contributed by atoms with Crippen LogP contribution < -0.4 is 5.32 Å². The Labute approximate surface area is 128 Å². The summed E-state index contributed by atoms with van der Waals surface area (Å²) in [5, 5.41) is 2.56. The highest BCUT2D eigenvalue weighted by atomic mass is 19.1. The Bertz CT molecular complexity index is 577. The molecule has 1 amide bonds. The summed E-state index contributed by atoms with van der Waals surface area (Å²) in [6.07, 6.45) is 0. The third kappa shape index (κ3) is 5.09. The third-order valence-electron chi connectivity index (χ3n) is 2.80. The lowest BCUT2D eigenvalue weighted by molar-refractivity contribution is -0.154. The maximum absolute atomic E-state index is 13.6. The molecule has 4 nitrogen and oxygen atoms in total. The fourth-order valence-electron chi connectivity index (χ4n) is 1.55. The van der Waals surface area contributed by atoms with Crippen molar-refractivity contribution in [1.29, 1.82) is 0 Å². The molecule has 0 unspecified atom stereocenters.